The number of hydrogen-bond acceptors (Lipinski definition) is 2. The molecule has 0 saturated heterocycles. The molecular formula is C7H5ClN2. The first kappa shape index (κ1) is 5.86. The van der Waals surface area contributed by atoms with Gasteiger partial charge in [0.25, 0.3) is 0 Å². The van der Waals surface area contributed by atoms with Crippen LogP contribution in [0.4, 0.5) is 5.69 Å². The number of rotatable bonds is 0. The summed E-state index contributed by atoms with van der Waals surface area (Å²) in [4.78, 5) is 0. The van der Waals surface area contributed by atoms with Crippen LogP contribution >= 0.6 is 11.6 Å². The standard InChI is InChI=1S/C7H5ClN2/c8-6-2-1-5-4-9-10-7(5)3-6/h1-3H,4H2. The molecule has 3 heteroatoms. The Hall–Kier alpha value is -0.890. The molecule has 2 rings (SSSR count). The Morgan fingerprint density at radius 1 is 1.40 bits per heavy atom. The smallest absolute Gasteiger partial charge is 0.0918 e. The predicted molar refractivity (Wildman–Crippen MR) is 39.7 cm³/mol. The first-order valence-corrected chi connectivity index (χ1v) is 3.40. The molecule has 0 bridgehead atoms. The Kier molecular flexibility index (Phi) is 1.21. The fourth-order valence-electron chi connectivity index (χ4n) is 0.952. The van der Waals surface area contributed by atoms with Gasteiger partial charge in [-0.05, 0) is 12.1 Å². The molecule has 0 unspecified atom stereocenters. The normalized spacial score (nSPS) is 13.7. The van der Waals surface area contributed by atoms with Crippen LogP contribution in [0.3, 0.4) is 0 Å². The second kappa shape index (κ2) is 2.06. The van der Waals surface area contributed by atoms with Crippen LogP contribution in [0.5, 0.6) is 0 Å². The second-order valence-electron chi connectivity index (χ2n) is 2.17. The maximum absolute atomic E-state index is 5.72. The molecule has 0 aliphatic carbocycles. The van der Waals surface area contributed by atoms with Crippen molar-refractivity contribution in [1.29, 1.82) is 0 Å². The zero-order chi connectivity index (χ0) is 6.97. The van der Waals surface area contributed by atoms with E-state index >= 15 is 0 Å². The van der Waals surface area contributed by atoms with E-state index in [-0.39, 0.29) is 0 Å². The highest BCUT2D eigenvalue weighted by Gasteiger charge is 2.06. The van der Waals surface area contributed by atoms with Crippen molar-refractivity contribution in [2.45, 2.75) is 6.54 Å². The summed E-state index contributed by atoms with van der Waals surface area (Å²) in [5.41, 5.74) is 2.07. The molecule has 1 aromatic rings. The molecule has 0 saturated carbocycles. The van der Waals surface area contributed by atoms with Crippen molar-refractivity contribution in [1.82, 2.24) is 0 Å². The highest BCUT2D eigenvalue weighted by molar-refractivity contribution is 6.30. The summed E-state index contributed by atoms with van der Waals surface area (Å²) in [6.07, 6.45) is 0. The molecule has 0 amide bonds. The molecule has 1 aliphatic rings. The van der Waals surface area contributed by atoms with E-state index in [1.807, 2.05) is 18.2 Å². The zero-order valence-corrected chi connectivity index (χ0v) is 5.97. The average Bonchev–Trinajstić information content (AvgIpc) is 2.33. The van der Waals surface area contributed by atoms with E-state index < -0.39 is 0 Å². The number of benzene rings is 1. The van der Waals surface area contributed by atoms with Crippen LogP contribution < -0.4 is 0 Å². The number of azo groups is 1. The minimum absolute atomic E-state index is 0.701. The summed E-state index contributed by atoms with van der Waals surface area (Å²) in [6, 6.07) is 5.64. The topological polar surface area (TPSA) is 24.7 Å². The van der Waals surface area contributed by atoms with Gasteiger partial charge in [0.2, 0.25) is 0 Å². The summed E-state index contributed by atoms with van der Waals surface area (Å²) in [5.74, 6) is 0. The quantitative estimate of drug-likeness (QED) is 0.546. The summed E-state index contributed by atoms with van der Waals surface area (Å²) in [6.45, 7) is 0.701. The van der Waals surface area contributed by atoms with Crippen LogP contribution in [-0.2, 0) is 6.54 Å². The van der Waals surface area contributed by atoms with Crippen molar-refractivity contribution in [2.24, 2.45) is 10.2 Å². The van der Waals surface area contributed by atoms with E-state index in [9.17, 15) is 0 Å². The van der Waals surface area contributed by atoms with Gasteiger partial charge in [0.15, 0.2) is 0 Å². The lowest BCUT2D eigenvalue weighted by atomic mass is 10.2. The molecule has 0 radical (unpaired) electrons. The third-order valence-corrected chi connectivity index (χ3v) is 1.70. The molecule has 0 aromatic heterocycles. The fourth-order valence-corrected chi connectivity index (χ4v) is 1.12. The number of halogens is 1. The summed E-state index contributed by atoms with van der Waals surface area (Å²) >= 11 is 5.72. The Labute approximate surface area is 63.5 Å². The highest BCUT2D eigenvalue weighted by atomic mass is 35.5. The van der Waals surface area contributed by atoms with Gasteiger partial charge in [-0.3, -0.25) is 0 Å². The molecule has 0 atom stereocenters. The molecule has 1 aromatic carbocycles. The molecule has 1 aliphatic heterocycles. The van der Waals surface area contributed by atoms with E-state index in [2.05, 4.69) is 10.2 Å². The van der Waals surface area contributed by atoms with E-state index in [4.69, 9.17) is 11.6 Å². The van der Waals surface area contributed by atoms with Gasteiger partial charge in [-0.15, -0.1) is 0 Å². The minimum Gasteiger partial charge on any atom is -0.184 e. The van der Waals surface area contributed by atoms with Crippen LogP contribution in [0.15, 0.2) is 28.4 Å². The largest absolute Gasteiger partial charge is 0.184 e. The van der Waals surface area contributed by atoms with Crippen LogP contribution in [-0.4, -0.2) is 0 Å². The first-order chi connectivity index (χ1) is 4.86. The Morgan fingerprint density at radius 3 is 3.20 bits per heavy atom. The third kappa shape index (κ3) is 0.809. The van der Waals surface area contributed by atoms with Crippen molar-refractivity contribution < 1.29 is 0 Å². The van der Waals surface area contributed by atoms with E-state index in [1.54, 1.807) is 0 Å². The Balaban J connectivity index is 2.60. The second-order valence-corrected chi connectivity index (χ2v) is 2.61. The van der Waals surface area contributed by atoms with Gasteiger partial charge in [-0.25, -0.2) is 0 Å². The zero-order valence-electron chi connectivity index (χ0n) is 5.21. The van der Waals surface area contributed by atoms with Gasteiger partial charge >= 0.3 is 0 Å². The Morgan fingerprint density at radius 2 is 2.30 bits per heavy atom. The average molecular weight is 153 g/mol. The monoisotopic (exact) mass is 152 g/mol. The van der Waals surface area contributed by atoms with Gasteiger partial charge in [-0.1, -0.05) is 17.7 Å². The lowest BCUT2D eigenvalue weighted by Crippen LogP contribution is -1.73. The SMILES string of the molecule is Clc1ccc2c(c1)N=NC2. The summed E-state index contributed by atoms with van der Waals surface area (Å²) in [7, 11) is 0. The van der Waals surface area contributed by atoms with Crippen LogP contribution in [0.25, 0.3) is 0 Å². The van der Waals surface area contributed by atoms with Crippen LogP contribution in [0.2, 0.25) is 5.02 Å². The molecule has 10 heavy (non-hydrogen) atoms. The van der Waals surface area contributed by atoms with Crippen molar-refractivity contribution in [3.05, 3.63) is 28.8 Å². The lowest BCUT2D eigenvalue weighted by molar-refractivity contribution is 1.04. The fraction of sp³-hybridized carbons (Fsp3) is 0.143. The maximum Gasteiger partial charge on any atom is 0.0918 e. The highest BCUT2D eigenvalue weighted by Crippen LogP contribution is 2.28. The molecule has 1 heterocycles. The van der Waals surface area contributed by atoms with Crippen molar-refractivity contribution in [3.63, 3.8) is 0 Å². The van der Waals surface area contributed by atoms with Gasteiger partial charge in [0.1, 0.15) is 0 Å². The van der Waals surface area contributed by atoms with Gasteiger partial charge in [-0.2, -0.15) is 10.2 Å². The number of fused-ring (bicyclic) bond motifs is 1. The summed E-state index contributed by atoms with van der Waals surface area (Å²) in [5, 5.41) is 8.48. The van der Waals surface area contributed by atoms with Crippen molar-refractivity contribution in [3.8, 4) is 0 Å². The van der Waals surface area contributed by atoms with E-state index in [0.29, 0.717) is 6.54 Å². The Bertz CT molecular complexity index is 294. The molecule has 50 valence electrons. The first-order valence-electron chi connectivity index (χ1n) is 3.02. The molecule has 0 spiro atoms. The third-order valence-electron chi connectivity index (χ3n) is 1.47. The summed E-state index contributed by atoms with van der Waals surface area (Å²) < 4.78 is 0. The maximum atomic E-state index is 5.72. The van der Waals surface area contributed by atoms with E-state index in [0.717, 1.165) is 16.3 Å². The van der Waals surface area contributed by atoms with Gasteiger partial charge in [0.05, 0.1) is 12.2 Å². The van der Waals surface area contributed by atoms with Crippen LogP contribution in [0, 0.1) is 0 Å². The van der Waals surface area contributed by atoms with Crippen molar-refractivity contribution >= 4 is 17.3 Å². The molecular weight excluding hydrogens is 148 g/mol. The number of nitrogens with zero attached hydrogens (tertiary/aromatic N) is 2. The molecule has 0 fully saturated rings. The van der Waals surface area contributed by atoms with Crippen LogP contribution in [0.1, 0.15) is 5.56 Å². The number of hydrogen-bond donors (Lipinski definition) is 0. The van der Waals surface area contributed by atoms with E-state index in [1.165, 1.54) is 0 Å². The van der Waals surface area contributed by atoms with Gasteiger partial charge in [0, 0.05) is 10.6 Å². The van der Waals surface area contributed by atoms with Gasteiger partial charge < -0.3 is 0 Å². The van der Waals surface area contributed by atoms with Crippen molar-refractivity contribution in [2.75, 3.05) is 0 Å². The molecule has 0 N–H and O–H groups in total. The lowest BCUT2D eigenvalue weighted by Gasteiger charge is -1.92. The predicted octanol–water partition coefficient (Wildman–Crippen LogP) is 2.94. The minimum atomic E-state index is 0.701. The molecule has 2 nitrogen and oxygen atoms in total.